The predicted octanol–water partition coefficient (Wildman–Crippen LogP) is 4.25. The van der Waals surface area contributed by atoms with E-state index in [0.717, 1.165) is 22.3 Å². The molecule has 0 saturated carbocycles. The van der Waals surface area contributed by atoms with E-state index in [1.807, 2.05) is 48.6 Å². The molecule has 0 heterocycles. The van der Waals surface area contributed by atoms with Gasteiger partial charge in [0, 0.05) is 17.6 Å². The maximum Gasteiger partial charge on any atom is 0.178 e. The van der Waals surface area contributed by atoms with E-state index in [4.69, 9.17) is 12.8 Å². The largest absolute Gasteiger partial charge is 0.290 e. The molecule has 0 atom stereocenters. The molecule has 110 valence electrons. The first-order chi connectivity index (χ1) is 11.2. The Morgan fingerprint density at radius 1 is 1.00 bits per heavy atom. The Hall–Kier alpha value is -3.29. The molecule has 23 heavy (non-hydrogen) atoms. The Morgan fingerprint density at radius 2 is 1.74 bits per heavy atom. The summed E-state index contributed by atoms with van der Waals surface area (Å²) >= 11 is 0. The minimum atomic E-state index is -0.0998. The van der Waals surface area contributed by atoms with E-state index >= 15 is 0 Å². The van der Waals surface area contributed by atoms with E-state index < -0.39 is 0 Å². The number of terminal acetylenes is 2. The van der Waals surface area contributed by atoms with Crippen LogP contribution in [0.15, 0.2) is 77.9 Å². The lowest BCUT2D eigenvalue weighted by molar-refractivity contribution is -0.110. The lowest BCUT2D eigenvalue weighted by atomic mass is 10.1. The van der Waals surface area contributed by atoms with Crippen molar-refractivity contribution in [1.29, 1.82) is 0 Å². The Bertz CT molecular complexity index is 827. The highest BCUT2D eigenvalue weighted by Crippen LogP contribution is 2.15. The summed E-state index contributed by atoms with van der Waals surface area (Å²) in [4.78, 5) is 12.0. The summed E-state index contributed by atoms with van der Waals surface area (Å²) in [5, 5.41) is 0. The molecule has 1 heteroatoms. The number of rotatable bonds is 4. The Labute approximate surface area is 137 Å². The lowest BCUT2D eigenvalue weighted by Crippen LogP contribution is -1.88. The zero-order valence-electron chi connectivity index (χ0n) is 12.7. The van der Waals surface area contributed by atoms with Gasteiger partial charge in [-0.05, 0) is 35.4 Å². The molecule has 0 aliphatic heterocycles. The quantitative estimate of drug-likeness (QED) is 0.599. The standard InChI is InChI=1S/C22H16O/c1-3-18-9-5-6-10-19(17-18)13-15-22(23)16-14-21-12-8-7-11-20(21)4-2/h1-2,5-16H,17H2/b15-13+,16-14+. The fourth-order valence-electron chi connectivity index (χ4n) is 2.09. The Kier molecular flexibility index (Phi) is 5.75. The van der Waals surface area contributed by atoms with E-state index in [-0.39, 0.29) is 5.78 Å². The number of hydrogen-bond donors (Lipinski definition) is 0. The first-order valence-electron chi connectivity index (χ1n) is 7.21. The number of carbonyl (C=O) groups excluding carboxylic acids is 1. The number of allylic oxidation sites excluding steroid dienone is 9. The van der Waals surface area contributed by atoms with Gasteiger partial charge in [0.05, 0.1) is 0 Å². The highest BCUT2D eigenvalue weighted by molar-refractivity contribution is 6.02. The first kappa shape index (κ1) is 16.1. The van der Waals surface area contributed by atoms with Gasteiger partial charge in [-0.25, -0.2) is 0 Å². The molecule has 1 aliphatic carbocycles. The van der Waals surface area contributed by atoms with E-state index in [0.29, 0.717) is 6.42 Å². The van der Waals surface area contributed by atoms with Gasteiger partial charge in [0.25, 0.3) is 0 Å². The van der Waals surface area contributed by atoms with Gasteiger partial charge in [0.15, 0.2) is 5.78 Å². The summed E-state index contributed by atoms with van der Waals surface area (Å²) in [6.07, 6.45) is 25.7. The van der Waals surface area contributed by atoms with Gasteiger partial charge in [-0.2, -0.15) is 0 Å². The first-order valence-corrected chi connectivity index (χ1v) is 7.21. The molecule has 0 fully saturated rings. The molecule has 2 rings (SSSR count). The third-order valence-electron chi connectivity index (χ3n) is 3.30. The SMILES string of the molecule is C#CC1=CC=CC=C(/C=C/C(=O)/C=C/c2ccccc2C#C)C1. The zero-order valence-corrected chi connectivity index (χ0v) is 12.7. The van der Waals surface area contributed by atoms with Crippen molar-refractivity contribution in [3.63, 3.8) is 0 Å². The van der Waals surface area contributed by atoms with E-state index in [9.17, 15) is 4.79 Å². The zero-order chi connectivity index (χ0) is 16.5. The van der Waals surface area contributed by atoms with Crippen LogP contribution in [-0.4, -0.2) is 5.78 Å². The molecular weight excluding hydrogens is 280 g/mol. The molecule has 1 aromatic rings. The summed E-state index contributed by atoms with van der Waals surface area (Å²) in [7, 11) is 0. The van der Waals surface area contributed by atoms with Gasteiger partial charge >= 0.3 is 0 Å². The average Bonchev–Trinajstić information content (AvgIpc) is 2.83. The molecule has 0 unspecified atom stereocenters. The van der Waals surface area contributed by atoms with Crippen LogP contribution in [0.25, 0.3) is 6.08 Å². The van der Waals surface area contributed by atoms with Crippen LogP contribution in [-0.2, 0) is 4.79 Å². The van der Waals surface area contributed by atoms with Crippen LogP contribution < -0.4 is 0 Å². The minimum Gasteiger partial charge on any atom is -0.290 e. The maximum absolute atomic E-state index is 12.0. The normalized spacial score (nSPS) is 14.0. The summed E-state index contributed by atoms with van der Waals surface area (Å²) in [5.41, 5.74) is 3.50. The molecular formula is C22H16O. The molecule has 0 amide bonds. The molecule has 0 spiro atoms. The van der Waals surface area contributed by atoms with Crippen molar-refractivity contribution in [2.45, 2.75) is 6.42 Å². The van der Waals surface area contributed by atoms with Crippen LogP contribution in [0.5, 0.6) is 0 Å². The highest BCUT2D eigenvalue weighted by Gasteiger charge is 2.00. The van der Waals surface area contributed by atoms with Gasteiger partial charge < -0.3 is 0 Å². The van der Waals surface area contributed by atoms with Crippen molar-refractivity contribution in [3.05, 3.63) is 89.1 Å². The summed E-state index contributed by atoms with van der Waals surface area (Å²) < 4.78 is 0. The number of hydrogen-bond acceptors (Lipinski definition) is 1. The second-order valence-corrected chi connectivity index (χ2v) is 4.94. The van der Waals surface area contributed by atoms with Crippen molar-refractivity contribution < 1.29 is 4.79 Å². The topological polar surface area (TPSA) is 17.1 Å². The molecule has 1 aromatic carbocycles. The Morgan fingerprint density at radius 3 is 2.52 bits per heavy atom. The molecule has 0 bridgehead atoms. The van der Waals surface area contributed by atoms with Crippen LogP contribution in [0.4, 0.5) is 0 Å². The van der Waals surface area contributed by atoms with Crippen LogP contribution >= 0.6 is 0 Å². The van der Waals surface area contributed by atoms with Crippen molar-refractivity contribution in [1.82, 2.24) is 0 Å². The van der Waals surface area contributed by atoms with Gasteiger partial charge in [-0.1, -0.05) is 60.4 Å². The molecule has 1 aliphatic rings. The van der Waals surface area contributed by atoms with E-state index in [2.05, 4.69) is 11.8 Å². The third kappa shape index (κ3) is 4.88. The summed E-state index contributed by atoms with van der Waals surface area (Å²) in [5.74, 6) is 5.14. The van der Waals surface area contributed by atoms with Crippen LogP contribution in [0, 0.1) is 24.7 Å². The highest BCUT2D eigenvalue weighted by atomic mass is 16.1. The minimum absolute atomic E-state index is 0.0998. The maximum atomic E-state index is 12.0. The smallest absolute Gasteiger partial charge is 0.178 e. The Balaban J connectivity index is 2.05. The van der Waals surface area contributed by atoms with Crippen molar-refractivity contribution in [2.75, 3.05) is 0 Å². The van der Waals surface area contributed by atoms with E-state index in [1.165, 1.54) is 12.2 Å². The molecule has 0 radical (unpaired) electrons. The second kappa shape index (κ2) is 8.23. The van der Waals surface area contributed by atoms with Crippen LogP contribution in [0.2, 0.25) is 0 Å². The molecule has 0 aromatic heterocycles. The van der Waals surface area contributed by atoms with Crippen LogP contribution in [0.1, 0.15) is 17.5 Å². The fraction of sp³-hybridized carbons (Fsp3) is 0.0455. The average molecular weight is 296 g/mol. The van der Waals surface area contributed by atoms with Gasteiger partial charge in [-0.3, -0.25) is 4.79 Å². The van der Waals surface area contributed by atoms with Gasteiger partial charge in [0.1, 0.15) is 0 Å². The molecule has 0 saturated heterocycles. The predicted molar refractivity (Wildman–Crippen MR) is 96.3 cm³/mol. The number of ketones is 1. The van der Waals surface area contributed by atoms with Gasteiger partial charge in [0.2, 0.25) is 0 Å². The molecule has 1 nitrogen and oxygen atoms in total. The van der Waals surface area contributed by atoms with Crippen molar-refractivity contribution in [2.24, 2.45) is 0 Å². The van der Waals surface area contributed by atoms with Crippen molar-refractivity contribution in [3.8, 4) is 24.7 Å². The number of carbonyl (C=O) groups is 1. The molecule has 0 N–H and O–H groups in total. The number of benzene rings is 1. The van der Waals surface area contributed by atoms with Crippen molar-refractivity contribution >= 4 is 11.9 Å². The monoisotopic (exact) mass is 296 g/mol. The summed E-state index contributed by atoms with van der Waals surface area (Å²) in [6.45, 7) is 0. The van der Waals surface area contributed by atoms with Gasteiger partial charge in [-0.15, -0.1) is 12.8 Å². The van der Waals surface area contributed by atoms with E-state index in [1.54, 1.807) is 12.2 Å². The second-order valence-electron chi connectivity index (χ2n) is 4.94. The lowest BCUT2D eigenvalue weighted by Gasteiger charge is -1.99. The third-order valence-corrected chi connectivity index (χ3v) is 3.30. The summed E-state index contributed by atoms with van der Waals surface area (Å²) in [6, 6.07) is 7.48. The van der Waals surface area contributed by atoms with Crippen LogP contribution in [0.3, 0.4) is 0 Å². The fourth-order valence-corrected chi connectivity index (χ4v) is 2.09.